The fourth-order valence-electron chi connectivity index (χ4n) is 4.12. The Bertz CT molecular complexity index is 276. The van der Waals surface area contributed by atoms with E-state index in [-0.39, 0.29) is 5.60 Å². The molecule has 1 saturated carbocycles. The van der Waals surface area contributed by atoms with Gasteiger partial charge in [0.05, 0.1) is 12.2 Å². The van der Waals surface area contributed by atoms with Gasteiger partial charge in [-0.25, -0.2) is 0 Å². The van der Waals surface area contributed by atoms with Crippen LogP contribution in [0.5, 0.6) is 0 Å². The lowest BCUT2D eigenvalue weighted by molar-refractivity contribution is -0.107. The third-order valence-corrected chi connectivity index (χ3v) is 5.73. The van der Waals surface area contributed by atoms with Gasteiger partial charge < -0.3 is 9.47 Å². The molecule has 2 aliphatic heterocycles. The van der Waals surface area contributed by atoms with Crippen LogP contribution in [0.2, 0.25) is 0 Å². The zero-order chi connectivity index (χ0) is 12.4. The maximum absolute atomic E-state index is 6.64. The zero-order valence-electron chi connectivity index (χ0n) is 11.2. The van der Waals surface area contributed by atoms with E-state index in [0.717, 1.165) is 38.1 Å². The predicted octanol–water partition coefficient (Wildman–Crippen LogP) is 3.76. The Balaban J connectivity index is 1.67. The van der Waals surface area contributed by atoms with Crippen molar-refractivity contribution in [2.75, 3.05) is 19.8 Å². The van der Waals surface area contributed by atoms with Crippen molar-refractivity contribution in [3.63, 3.8) is 0 Å². The fourth-order valence-corrected chi connectivity index (χ4v) is 4.60. The van der Waals surface area contributed by atoms with Crippen molar-refractivity contribution in [2.45, 2.75) is 62.3 Å². The minimum Gasteiger partial charge on any atom is -0.378 e. The Hall–Kier alpha value is 0.210. The van der Waals surface area contributed by atoms with E-state index < -0.39 is 0 Å². The van der Waals surface area contributed by atoms with Gasteiger partial charge >= 0.3 is 0 Å². The van der Waals surface area contributed by atoms with Crippen molar-refractivity contribution >= 4 is 11.6 Å². The van der Waals surface area contributed by atoms with Crippen molar-refractivity contribution < 1.29 is 9.47 Å². The van der Waals surface area contributed by atoms with Crippen LogP contribution >= 0.6 is 11.6 Å². The molecule has 3 rings (SSSR count). The third-order valence-electron chi connectivity index (χ3n) is 5.19. The summed E-state index contributed by atoms with van der Waals surface area (Å²) in [5.74, 6) is 1.48. The standard InChI is InChI=1S/C15H25ClO2/c16-14-5-3-1-2-4-13(14)12-6-8-18-15(10-12)7-9-17-11-15/h12-14H,1-11H2. The average Bonchev–Trinajstić information content (AvgIpc) is 2.70. The third kappa shape index (κ3) is 2.71. The number of hydrogen-bond donors (Lipinski definition) is 0. The molecule has 4 atom stereocenters. The molecule has 0 radical (unpaired) electrons. The monoisotopic (exact) mass is 272 g/mol. The molecule has 3 fully saturated rings. The summed E-state index contributed by atoms with van der Waals surface area (Å²) in [6.07, 6.45) is 10.1. The van der Waals surface area contributed by atoms with E-state index in [9.17, 15) is 0 Å². The molecule has 3 heteroatoms. The molecule has 0 aromatic carbocycles. The molecule has 18 heavy (non-hydrogen) atoms. The second-order valence-electron chi connectivity index (χ2n) is 6.40. The molecular formula is C15H25ClO2. The quantitative estimate of drug-likeness (QED) is 0.535. The fraction of sp³-hybridized carbons (Fsp3) is 1.00. The Labute approximate surface area is 115 Å². The van der Waals surface area contributed by atoms with Gasteiger partial charge in [0.2, 0.25) is 0 Å². The molecule has 2 saturated heterocycles. The highest BCUT2D eigenvalue weighted by molar-refractivity contribution is 6.20. The smallest absolute Gasteiger partial charge is 0.0939 e. The molecule has 4 unspecified atom stereocenters. The second kappa shape index (κ2) is 5.68. The van der Waals surface area contributed by atoms with Gasteiger partial charge in [0.25, 0.3) is 0 Å². The van der Waals surface area contributed by atoms with Crippen molar-refractivity contribution in [2.24, 2.45) is 11.8 Å². The maximum atomic E-state index is 6.64. The molecule has 2 heterocycles. The lowest BCUT2D eigenvalue weighted by Crippen LogP contribution is -2.43. The van der Waals surface area contributed by atoms with Gasteiger partial charge in [0.1, 0.15) is 0 Å². The van der Waals surface area contributed by atoms with Crippen molar-refractivity contribution in [1.29, 1.82) is 0 Å². The number of rotatable bonds is 1. The van der Waals surface area contributed by atoms with Gasteiger partial charge in [-0.15, -0.1) is 11.6 Å². The first-order chi connectivity index (χ1) is 8.79. The molecule has 0 aromatic rings. The summed E-state index contributed by atoms with van der Waals surface area (Å²) in [5.41, 5.74) is 0.0475. The van der Waals surface area contributed by atoms with E-state index in [1.807, 2.05) is 0 Å². The van der Waals surface area contributed by atoms with Gasteiger partial charge in [-0.3, -0.25) is 0 Å². The van der Waals surface area contributed by atoms with E-state index in [2.05, 4.69) is 0 Å². The highest BCUT2D eigenvalue weighted by atomic mass is 35.5. The van der Waals surface area contributed by atoms with Gasteiger partial charge in [0.15, 0.2) is 0 Å². The van der Waals surface area contributed by atoms with Crippen LogP contribution in [0.15, 0.2) is 0 Å². The normalized spacial score (nSPS) is 46.2. The summed E-state index contributed by atoms with van der Waals surface area (Å²) in [6, 6.07) is 0. The Morgan fingerprint density at radius 2 is 1.89 bits per heavy atom. The molecular weight excluding hydrogens is 248 g/mol. The van der Waals surface area contributed by atoms with E-state index in [1.165, 1.54) is 44.9 Å². The van der Waals surface area contributed by atoms with Crippen molar-refractivity contribution in [3.05, 3.63) is 0 Å². The van der Waals surface area contributed by atoms with Crippen LogP contribution in [0.3, 0.4) is 0 Å². The molecule has 0 aromatic heterocycles. The molecule has 0 bridgehead atoms. The van der Waals surface area contributed by atoms with E-state index in [4.69, 9.17) is 21.1 Å². The molecule has 1 spiro atoms. The molecule has 3 aliphatic rings. The molecule has 0 N–H and O–H groups in total. The SMILES string of the molecule is ClC1CCCCCC1C1CCOC2(CCOC2)C1. The summed E-state index contributed by atoms with van der Waals surface area (Å²) < 4.78 is 11.6. The van der Waals surface area contributed by atoms with Gasteiger partial charge in [0, 0.05) is 25.0 Å². The largest absolute Gasteiger partial charge is 0.378 e. The molecule has 0 amide bonds. The van der Waals surface area contributed by atoms with E-state index in [0.29, 0.717) is 5.38 Å². The second-order valence-corrected chi connectivity index (χ2v) is 6.97. The Kier molecular flexibility index (Phi) is 4.17. The predicted molar refractivity (Wildman–Crippen MR) is 73.1 cm³/mol. The van der Waals surface area contributed by atoms with Gasteiger partial charge in [-0.2, -0.15) is 0 Å². The van der Waals surface area contributed by atoms with Crippen LogP contribution in [0.4, 0.5) is 0 Å². The Morgan fingerprint density at radius 3 is 2.72 bits per heavy atom. The minimum atomic E-state index is 0.0475. The average molecular weight is 273 g/mol. The molecule has 104 valence electrons. The summed E-state index contributed by atoms with van der Waals surface area (Å²) >= 11 is 6.64. The van der Waals surface area contributed by atoms with E-state index >= 15 is 0 Å². The minimum absolute atomic E-state index is 0.0475. The van der Waals surface area contributed by atoms with Gasteiger partial charge in [-0.1, -0.05) is 19.3 Å². The summed E-state index contributed by atoms with van der Waals surface area (Å²) in [6.45, 7) is 2.60. The van der Waals surface area contributed by atoms with Crippen LogP contribution in [0, 0.1) is 11.8 Å². The summed E-state index contributed by atoms with van der Waals surface area (Å²) in [5, 5.41) is 0.398. The number of alkyl halides is 1. The number of halogens is 1. The summed E-state index contributed by atoms with van der Waals surface area (Å²) in [4.78, 5) is 0. The molecule has 1 aliphatic carbocycles. The number of ether oxygens (including phenoxy) is 2. The lowest BCUT2D eigenvalue weighted by Gasteiger charge is -2.41. The van der Waals surface area contributed by atoms with Crippen LogP contribution in [-0.2, 0) is 9.47 Å². The van der Waals surface area contributed by atoms with Crippen LogP contribution in [0.25, 0.3) is 0 Å². The highest BCUT2D eigenvalue weighted by Gasteiger charge is 2.44. The zero-order valence-corrected chi connectivity index (χ0v) is 12.0. The lowest BCUT2D eigenvalue weighted by atomic mass is 9.75. The van der Waals surface area contributed by atoms with Crippen LogP contribution in [-0.4, -0.2) is 30.8 Å². The first kappa shape index (κ1) is 13.2. The van der Waals surface area contributed by atoms with E-state index in [1.54, 1.807) is 0 Å². The highest BCUT2D eigenvalue weighted by Crippen LogP contribution is 2.43. The first-order valence-electron chi connectivity index (χ1n) is 7.65. The summed E-state index contributed by atoms with van der Waals surface area (Å²) in [7, 11) is 0. The van der Waals surface area contributed by atoms with Crippen LogP contribution in [0.1, 0.15) is 51.4 Å². The molecule has 2 nitrogen and oxygen atoms in total. The number of hydrogen-bond acceptors (Lipinski definition) is 2. The van der Waals surface area contributed by atoms with Crippen molar-refractivity contribution in [1.82, 2.24) is 0 Å². The van der Waals surface area contributed by atoms with Gasteiger partial charge in [-0.05, 0) is 37.5 Å². The topological polar surface area (TPSA) is 18.5 Å². The first-order valence-corrected chi connectivity index (χ1v) is 8.09. The Morgan fingerprint density at radius 1 is 1.00 bits per heavy atom. The van der Waals surface area contributed by atoms with Crippen LogP contribution < -0.4 is 0 Å². The maximum Gasteiger partial charge on any atom is 0.0939 e. The van der Waals surface area contributed by atoms with Crippen molar-refractivity contribution in [3.8, 4) is 0 Å².